The van der Waals surface area contributed by atoms with Crippen LogP contribution >= 0.6 is 0 Å². The summed E-state index contributed by atoms with van der Waals surface area (Å²) in [6.07, 6.45) is 3.37. The van der Waals surface area contributed by atoms with Crippen molar-refractivity contribution in [2.24, 2.45) is 5.84 Å². The van der Waals surface area contributed by atoms with E-state index in [4.69, 9.17) is 15.3 Å². The highest BCUT2D eigenvalue weighted by atomic mass is 16.5. The molecule has 0 bridgehead atoms. The first-order valence-corrected chi connectivity index (χ1v) is 6.92. The topological polar surface area (TPSA) is 82.3 Å². The molecule has 1 aromatic carbocycles. The first-order valence-electron chi connectivity index (χ1n) is 6.92. The highest BCUT2D eigenvalue weighted by Gasteiger charge is 2.17. The predicted octanol–water partition coefficient (Wildman–Crippen LogP) is 1.83. The Morgan fingerprint density at radius 1 is 1.10 bits per heavy atom. The van der Waals surface area contributed by atoms with Crippen LogP contribution in [-0.2, 0) is 0 Å². The van der Waals surface area contributed by atoms with Crippen LogP contribution in [0.4, 0.5) is 0 Å². The van der Waals surface area contributed by atoms with Gasteiger partial charge in [0.05, 0.1) is 13.2 Å². The van der Waals surface area contributed by atoms with Crippen molar-refractivity contribution in [1.82, 2.24) is 15.4 Å². The second kappa shape index (κ2) is 7.56. The van der Waals surface area contributed by atoms with E-state index >= 15 is 0 Å². The molecule has 0 saturated heterocycles. The van der Waals surface area contributed by atoms with E-state index in [0.717, 1.165) is 5.56 Å². The minimum absolute atomic E-state index is 0.305. The fourth-order valence-corrected chi connectivity index (χ4v) is 2.03. The molecule has 0 radical (unpaired) electrons. The van der Waals surface area contributed by atoms with E-state index < -0.39 is 0 Å². The average Bonchev–Trinajstić information content (AvgIpc) is 2.52. The normalized spacial score (nSPS) is 12.0. The Labute approximate surface area is 124 Å². The molecule has 6 heteroatoms. The minimum atomic E-state index is -0.305. The van der Waals surface area contributed by atoms with Gasteiger partial charge < -0.3 is 9.47 Å². The third kappa shape index (κ3) is 3.68. The fourth-order valence-electron chi connectivity index (χ4n) is 2.03. The molecule has 112 valence electrons. The maximum absolute atomic E-state index is 5.66. The number of hydrazine groups is 1. The van der Waals surface area contributed by atoms with Gasteiger partial charge in [-0.1, -0.05) is 6.07 Å². The lowest BCUT2D eigenvalue weighted by atomic mass is 10.1. The van der Waals surface area contributed by atoms with Gasteiger partial charge in [0.1, 0.15) is 6.04 Å². The number of nitrogens with zero attached hydrogens (tertiary/aromatic N) is 2. The van der Waals surface area contributed by atoms with Gasteiger partial charge in [-0.05, 0) is 37.6 Å². The molecular weight excluding hydrogens is 268 g/mol. The molecule has 2 rings (SSSR count). The first-order chi connectivity index (χ1) is 10.3. The zero-order chi connectivity index (χ0) is 15.1. The Bertz CT molecular complexity index is 563. The molecule has 0 spiro atoms. The van der Waals surface area contributed by atoms with Gasteiger partial charge in [0.2, 0.25) is 0 Å². The van der Waals surface area contributed by atoms with Gasteiger partial charge in [-0.25, -0.2) is 15.4 Å². The molecule has 1 unspecified atom stereocenters. The van der Waals surface area contributed by atoms with Crippen molar-refractivity contribution in [2.45, 2.75) is 19.9 Å². The van der Waals surface area contributed by atoms with Gasteiger partial charge in [0, 0.05) is 12.4 Å². The molecule has 0 saturated carbocycles. The van der Waals surface area contributed by atoms with Gasteiger partial charge in [-0.15, -0.1) is 0 Å². The lowest BCUT2D eigenvalue weighted by molar-refractivity contribution is 0.287. The van der Waals surface area contributed by atoms with Crippen LogP contribution in [0, 0.1) is 0 Å². The summed E-state index contributed by atoms with van der Waals surface area (Å²) in [4.78, 5) is 8.47. The lowest BCUT2D eigenvalue weighted by Crippen LogP contribution is -2.30. The summed E-state index contributed by atoms with van der Waals surface area (Å²) >= 11 is 0. The van der Waals surface area contributed by atoms with Crippen LogP contribution in [0.1, 0.15) is 31.3 Å². The third-order valence-corrected chi connectivity index (χ3v) is 2.91. The summed E-state index contributed by atoms with van der Waals surface area (Å²) in [5.41, 5.74) is 3.65. The van der Waals surface area contributed by atoms with Crippen LogP contribution in [0.3, 0.4) is 0 Å². The Balaban J connectivity index is 2.35. The molecule has 1 atom stereocenters. The van der Waals surface area contributed by atoms with Crippen LogP contribution in [0.25, 0.3) is 0 Å². The Morgan fingerprint density at radius 3 is 2.38 bits per heavy atom. The van der Waals surface area contributed by atoms with E-state index in [-0.39, 0.29) is 6.04 Å². The fraction of sp³-hybridized carbons (Fsp3) is 0.333. The second-order valence-electron chi connectivity index (χ2n) is 4.28. The number of nitrogens with two attached hydrogens (primary N) is 1. The van der Waals surface area contributed by atoms with Crippen LogP contribution in [0.2, 0.25) is 0 Å². The number of hydrogen-bond donors (Lipinski definition) is 2. The van der Waals surface area contributed by atoms with Gasteiger partial charge >= 0.3 is 0 Å². The van der Waals surface area contributed by atoms with Crippen molar-refractivity contribution >= 4 is 0 Å². The van der Waals surface area contributed by atoms with E-state index in [0.29, 0.717) is 30.5 Å². The maximum Gasteiger partial charge on any atom is 0.161 e. The van der Waals surface area contributed by atoms with Crippen molar-refractivity contribution in [3.63, 3.8) is 0 Å². The van der Waals surface area contributed by atoms with E-state index in [2.05, 4.69) is 15.4 Å². The van der Waals surface area contributed by atoms with E-state index in [1.54, 1.807) is 18.5 Å². The smallest absolute Gasteiger partial charge is 0.161 e. The van der Waals surface area contributed by atoms with Gasteiger partial charge in [0.15, 0.2) is 17.3 Å². The number of aromatic nitrogens is 2. The molecule has 0 fully saturated rings. The summed E-state index contributed by atoms with van der Waals surface area (Å²) in [7, 11) is 0. The largest absolute Gasteiger partial charge is 0.490 e. The Kier molecular flexibility index (Phi) is 5.48. The standard InChI is InChI=1S/C15H20N4O2/c1-3-20-12-7-6-11(10-13(12)21-4-2)14(19-16)15-17-8-5-9-18-15/h5-10,14,19H,3-4,16H2,1-2H3. The van der Waals surface area contributed by atoms with Crippen LogP contribution in [0.15, 0.2) is 36.7 Å². The minimum Gasteiger partial charge on any atom is -0.490 e. The van der Waals surface area contributed by atoms with Crippen LogP contribution in [-0.4, -0.2) is 23.2 Å². The average molecular weight is 288 g/mol. The number of rotatable bonds is 7. The molecule has 1 heterocycles. The summed E-state index contributed by atoms with van der Waals surface area (Å²) in [5, 5.41) is 0. The zero-order valence-corrected chi connectivity index (χ0v) is 12.2. The van der Waals surface area contributed by atoms with Gasteiger partial charge in [-0.3, -0.25) is 5.84 Å². The first kappa shape index (κ1) is 15.2. The van der Waals surface area contributed by atoms with Crippen LogP contribution < -0.4 is 20.7 Å². The molecule has 0 aliphatic rings. The number of nitrogens with one attached hydrogen (secondary N) is 1. The molecule has 2 aromatic rings. The maximum atomic E-state index is 5.66. The molecule has 6 nitrogen and oxygen atoms in total. The number of hydrogen-bond acceptors (Lipinski definition) is 6. The van der Waals surface area contributed by atoms with E-state index in [1.165, 1.54) is 0 Å². The highest BCUT2D eigenvalue weighted by Crippen LogP contribution is 2.31. The predicted molar refractivity (Wildman–Crippen MR) is 80.0 cm³/mol. The second-order valence-corrected chi connectivity index (χ2v) is 4.28. The summed E-state index contributed by atoms with van der Waals surface area (Å²) in [6.45, 7) is 5.01. The van der Waals surface area contributed by atoms with Crippen molar-refractivity contribution in [1.29, 1.82) is 0 Å². The summed E-state index contributed by atoms with van der Waals surface area (Å²) in [5.74, 6) is 7.66. The third-order valence-electron chi connectivity index (χ3n) is 2.91. The summed E-state index contributed by atoms with van der Waals surface area (Å²) < 4.78 is 11.2. The van der Waals surface area contributed by atoms with Gasteiger partial charge in [-0.2, -0.15) is 0 Å². The highest BCUT2D eigenvalue weighted by molar-refractivity contribution is 5.45. The molecule has 1 aromatic heterocycles. The molecule has 0 aliphatic carbocycles. The molecule has 0 aliphatic heterocycles. The monoisotopic (exact) mass is 288 g/mol. The lowest BCUT2D eigenvalue weighted by Gasteiger charge is -2.17. The van der Waals surface area contributed by atoms with Crippen molar-refractivity contribution < 1.29 is 9.47 Å². The van der Waals surface area contributed by atoms with Crippen LogP contribution in [0.5, 0.6) is 11.5 Å². The quantitative estimate of drug-likeness (QED) is 0.597. The molecular formula is C15H20N4O2. The number of ether oxygens (including phenoxy) is 2. The molecule has 21 heavy (non-hydrogen) atoms. The van der Waals surface area contributed by atoms with Gasteiger partial charge in [0.25, 0.3) is 0 Å². The Morgan fingerprint density at radius 2 is 1.76 bits per heavy atom. The van der Waals surface area contributed by atoms with Crippen molar-refractivity contribution in [2.75, 3.05) is 13.2 Å². The molecule has 0 amide bonds. The zero-order valence-electron chi connectivity index (χ0n) is 12.2. The Hall–Kier alpha value is -2.18. The SMILES string of the molecule is CCOc1ccc(C(NN)c2ncccn2)cc1OCC. The van der Waals surface area contributed by atoms with E-state index in [1.807, 2.05) is 32.0 Å². The van der Waals surface area contributed by atoms with Crippen molar-refractivity contribution in [3.8, 4) is 11.5 Å². The summed E-state index contributed by atoms with van der Waals surface area (Å²) in [6, 6.07) is 7.16. The van der Waals surface area contributed by atoms with Crippen molar-refractivity contribution in [3.05, 3.63) is 48.0 Å². The van der Waals surface area contributed by atoms with E-state index in [9.17, 15) is 0 Å². The molecule has 3 N–H and O–H groups in total. The number of benzene rings is 1.